The molecule has 2 aromatic carbocycles. The van der Waals surface area contributed by atoms with E-state index >= 15 is 0 Å². The lowest BCUT2D eigenvalue weighted by Gasteiger charge is -2.23. The van der Waals surface area contributed by atoms with Crippen LogP contribution in [0.5, 0.6) is 0 Å². The van der Waals surface area contributed by atoms with Crippen LogP contribution >= 0.6 is 0 Å². The molecule has 0 aromatic heterocycles. The van der Waals surface area contributed by atoms with Gasteiger partial charge in [-0.05, 0) is 36.6 Å². The summed E-state index contributed by atoms with van der Waals surface area (Å²) in [5, 5.41) is 4.60. The fraction of sp³-hybridized carbons (Fsp3) is 0.333. The van der Waals surface area contributed by atoms with E-state index in [4.69, 9.17) is 4.74 Å². The number of rotatable bonds is 5. The number of ether oxygens (including phenoxy) is 1. The summed E-state index contributed by atoms with van der Waals surface area (Å²) in [7, 11) is 0. The first-order valence-electron chi connectivity index (χ1n) is 10.4. The Morgan fingerprint density at radius 2 is 1.68 bits per heavy atom. The van der Waals surface area contributed by atoms with Crippen LogP contribution in [-0.4, -0.2) is 41.2 Å². The topological polar surface area (TPSA) is 92.8 Å². The average molecular weight is 418 g/mol. The van der Waals surface area contributed by atoms with Gasteiger partial charge in [0.1, 0.15) is 6.04 Å². The Kier molecular flexibility index (Phi) is 4.61. The molecule has 158 valence electrons. The molecule has 2 fully saturated rings. The Balaban J connectivity index is 1.21. The van der Waals surface area contributed by atoms with Crippen molar-refractivity contribution in [1.82, 2.24) is 4.90 Å². The minimum Gasteiger partial charge on any atom is -0.454 e. The number of imide groups is 1. The van der Waals surface area contributed by atoms with E-state index < -0.39 is 24.5 Å². The molecule has 2 aromatic rings. The third-order valence-corrected chi connectivity index (χ3v) is 6.64. The van der Waals surface area contributed by atoms with Crippen LogP contribution in [0, 0.1) is 23.7 Å². The highest BCUT2D eigenvalue weighted by atomic mass is 16.5. The molecule has 0 unspecified atom stereocenters. The molecule has 7 nitrogen and oxygen atoms in total. The number of hydrogen-bond acceptors (Lipinski definition) is 5. The smallest absolute Gasteiger partial charge is 0.329 e. The van der Waals surface area contributed by atoms with Gasteiger partial charge in [0.05, 0.1) is 11.8 Å². The van der Waals surface area contributed by atoms with Gasteiger partial charge in [-0.15, -0.1) is 0 Å². The molecule has 3 amide bonds. The summed E-state index contributed by atoms with van der Waals surface area (Å²) in [6.07, 6.45) is 4.83. The number of hydrogen-bond donors (Lipinski definition) is 1. The van der Waals surface area contributed by atoms with E-state index in [1.54, 1.807) is 6.07 Å². The van der Waals surface area contributed by atoms with Crippen molar-refractivity contribution >= 4 is 40.2 Å². The zero-order valence-corrected chi connectivity index (χ0v) is 17.0. The molecule has 5 atom stereocenters. The van der Waals surface area contributed by atoms with Crippen molar-refractivity contribution in [3.63, 3.8) is 0 Å². The van der Waals surface area contributed by atoms with Crippen LogP contribution in [0.25, 0.3) is 10.8 Å². The quantitative estimate of drug-likeness (QED) is 0.458. The molecule has 3 aliphatic rings. The van der Waals surface area contributed by atoms with Crippen LogP contribution in [0.2, 0.25) is 0 Å². The first-order valence-corrected chi connectivity index (χ1v) is 10.4. The number of fused-ring (bicyclic) bond motifs is 6. The summed E-state index contributed by atoms with van der Waals surface area (Å²) in [4.78, 5) is 51.5. The molecule has 2 bridgehead atoms. The molecule has 1 N–H and O–H groups in total. The number of carbonyl (C=O) groups is 4. The number of esters is 1. The molecule has 0 radical (unpaired) electrons. The number of likely N-dealkylation sites (tertiary alicyclic amines) is 1. The maximum Gasteiger partial charge on any atom is 0.329 e. The first kappa shape index (κ1) is 19.5. The standard InChI is InChI=1S/C24H22N2O5/c1-13(26-22(28)20-15-9-10-16(11-15)21(20)23(26)29)24(30)31-12-19(27)25-18-8-4-6-14-5-2-3-7-17(14)18/h2-10,13,15-16,20-21H,11-12H2,1H3,(H,25,27)/t13-,15-,16-,20-,21+/m0/s1. The normalized spacial score (nSPS) is 26.9. The highest BCUT2D eigenvalue weighted by molar-refractivity contribution is 6.09. The molecule has 1 aliphatic heterocycles. The van der Waals surface area contributed by atoms with E-state index in [1.807, 2.05) is 48.6 Å². The highest BCUT2D eigenvalue weighted by Crippen LogP contribution is 2.52. The maximum absolute atomic E-state index is 12.8. The van der Waals surface area contributed by atoms with Gasteiger partial charge in [0, 0.05) is 11.1 Å². The van der Waals surface area contributed by atoms with Crippen molar-refractivity contribution in [2.24, 2.45) is 23.7 Å². The molecular formula is C24H22N2O5. The molecule has 1 saturated carbocycles. The van der Waals surface area contributed by atoms with E-state index in [2.05, 4.69) is 5.32 Å². The zero-order chi connectivity index (χ0) is 21.7. The fourth-order valence-electron chi connectivity index (χ4n) is 5.19. The lowest BCUT2D eigenvalue weighted by Crippen LogP contribution is -2.45. The summed E-state index contributed by atoms with van der Waals surface area (Å²) in [5.74, 6) is -2.46. The number of amides is 3. The number of benzene rings is 2. The molecule has 31 heavy (non-hydrogen) atoms. The Bertz CT molecular complexity index is 1100. The van der Waals surface area contributed by atoms with E-state index in [9.17, 15) is 19.2 Å². The minimum atomic E-state index is -1.06. The van der Waals surface area contributed by atoms with E-state index in [-0.39, 0.29) is 35.5 Å². The third kappa shape index (κ3) is 3.12. The molecular weight excluding hydrogens is 396 g/mol. The van der Waals surface area contributed by atoms with Crippen LogP contribution in [0.15, 0.2) is 54.6 Å². The summed E-state index contributed by atoms with van der Waals surface area (Å²) < 4.78 is 5.14. The van der Waals surface area contributed by atoms with E-state index in [0.29, 0.717) is 5.69 Å². The largest absolute Gasteiger partial charge is 0.454 e. The maximum atomic E-state index is 12.8. The lowest BCUT2D eigenvalue weighted by molar-refractivity contribution is -0.159. The van der Waals surface area contributed by atoms with Crippen molar-refractivity contribution in [2.45, 2.75) is 19.4 Å². The van der Waals surface area contributed by atoms with Crippen molar-refractivity contribution in [3.05, 3.63) is 54.6 Å². The summed E-state index contributed by atoms with van der Waals surface area (Å²) in [6, 6.07) is 12.1. The molecule has 7 heteroatoms. The summed E-state index contributed by atoms with van der Waals surface area (Å²) in [6.45, 7) is 0.972. The predicted octanol–water partition coefficient (Wildman–Crippen LogP) is 2.52. The number of carbonyl (C=O) groups excluding carboxylic acids is 4. The fourth-order valence-corrected chi connectivity index (χ4v) is 5.19. The number of allylic oxidation sites excluding steroid dienone is 2. The van der Waals surface area contributed by atoms with Gasteiger partial charge >= 0.3 is 5.97 Å². The second-order valence-corrected chi connectivity index (χ2v) is 8.40. The van der Waals surface area contributed by atoms with Gasteiger partial charge in [-0.25, -0.2) is 4.79 Å². The van der Waals surface area contributed by atoms with Crippen LogP contribution < -0.4 is 5.32 Å². The first-order chi connectivity index (χ1) is 15.0. The SMILES string of the molecule is C[C@@H](C(=O)OCC(=O)Nc1cccc2ccccc12)N1C(=O)[C@@H]2[C@H](C1=O)[C@H]1C=C[C@H]2C1. The monoisotopic (exact) mass is 418 g/mol. The second kappa shape index (κ2) is 7.34. The number of nitrogens with zero attached hydrogens (tertiary/aromatic N) is 1. The van der Waals surface area contributed by atoms with Gasteiger partial charge in [-0.2, -0.15) is 0 Å². The predicted molar refractivity (Wildman–Crippen MR) is 113 cm³/mol. The molecule has 1 saturated heterocycles. The Labute approximate surface area is 179 Å². The highest BCUT2D eigenvalue weighted by Gasteiger charge is 2.60. The van der Waals surface area contributed by atoms with Crippen molar-refractivity contribution in [2.75, 3.05) is 11.9 Å². The summed E-state index contributed by atoms with van der Waals surface area (Å²) in [5.41, 5.74) is 0.618. The Morgan fingerprint density at radius 3 is 2.39 bits per heavy atom. The van der Waals surface area contributed by atoms with Gasteiger partial charge < -0.3 is 10.1 Å². The van der Waals surface area contributed by atoms with Gasteiger partial charge in [-0.3, -0.25) is 19.3 Å². The van der Waals surface area contributed by atoms with E-state index in [0.717, 1.165) is 22.1 Å². The van der Waals surface area contributed by atoms with Crippen molar-refractivity contribution < 1.29 is 23.9 Å². The van der Waals surface area contributed by atoms with Crippen LogP contribution in [-0.2, 0) is 23.9 Å². The molecule has 2 aliphatic carbocycles. The molecule has 1 heterocycles. The molecule has 0 spiro atoms. The third-order valence-electron chi connectivity index (χ3n) is 6.64. The number of anilines is 1. The average Bonchev–Trinajstić information content (AvgIpc) is 3.45. The Hall–Kier alpha value is -3.48. The zero-order valence-electron chi connectivity index (χ0n) is 17.0. The van der Waals surface area contributed by atoms with E-state index in [1.165, 1.54) is 6.92 Å². The lowest BCUT2D eigenvalue weighted by atomic mass is 9.85. The minimum absolute atomic E-state index is 0.0751. The number of nitrogens with one attached hydrogen (secondary N) is 1. The van der Waals surface area contributed by atoms with Crippen molar-refractivity contribution in [3.8, 4) is 0 Å². The second-order valence-electron chi connectivity index (χ2n) is 8.40. The van der Waals surface area contributed by atoms with Crippen LogP contribution in [0.4, 0.5) is 5.69 Å². The van der Waals surface area contributed by atoms with Crippen LogP contribution in [0.1, 0.15) is 13.3 Å². The van der Waals surface area contributed by atoms with Gasteiger partial charge in [0.15, 0.2) is 6.61 Å². The van der Waals surface area contributed by atoms with Gasteiger partial charge in [0.25, 0.3) is 5.91 Å². The van der Waals surface area contributed by atoms with Gasteiger partial charge in [-0.1, -0.05) is 48.6 Å². The van der Waals surface area contributed by atoms with Crippen molar-refractivity contribution in [1.29, 1.82) is 0 Å². The van der Waals surface area contributed by atoms with Gasteiger partial charge in [0.2, 0.25) is 11.8 Å². The molecule has 5 rings (SSSR count). The van der Waals surface area contributed by atoms with Crippen LogP contribution in [0.3, 0.4) is 0 Å². The Morgan fingerprint density at radius 1 is 1.03 bits per heavy atom. The summed E-state index contributed by atoms with van der Waals surface area (Å²) >= 11 is 0.